The molecule has 2 rings (SSSR count). The standard InChI is InChI=1S/C14H12BrNO/c15-12-8-4-5-9-13(12)16-10-14(17)11-6-2-1-3-7-11/h1-9,16H,10H2. The van der Waals surface area contributed by atoms with E-state index in [4.69, 9.17) is 0 Å². The van der Waals surface area contributed by atoms with Crippen LogP contribution in [-0.2, 0) is 0 Å². The lowest BCUT2D eigenvalue weighted by Crippen LogP contribution is -2.14. The fourth-order valence-electron chi connectivity index (χ4n) is 1.51. The van der Waals surface area contributed by atoms with E-state index in [0.29, 0.717) is 6.54 Å². The number of rotatable bonds is 4. The minimum atomic E-state index is 0.0846. The maximum absolute atomic E-state index is 11.9. The minimum Gasteiger partial charge on any atom is -0.377 e. The maximum Gasteiger partial charge on any atom is 0.181 e. The molecule has 1 N–H and O–H groups in total. The molecule has 0 saturated carbocycles. The molecule has 17 heavy (non-hydrogen) atoms. The lowest BCUT2D eigenvalue weighted by Gasteiger charge is -2.07. The number of hydrogen-bond acceptors (Lipinski definition) is 2. The second-order valence-corrected chi connectivity index (χ2v) is 4.48. The molecule has 0 radical (unpaired) electrons. The first-order chi connectivity index (χ1) is 8.27. The highest BCUT2D eigenvalue weighted by Crippen LogP contribution is 2.20. The lowest BCUT2D eigenvalue weighted by molar-refractivity contribution is 0.101. The summed E-state index contributed by atoms with van der Waals surface area (Å²) in [5, 5.41) is 3.11. The number of halogens is 1. The number of hydrogen-bond donors (Lipinski definition) is 1. The van der Waals surface area contributed by atoms with Crippen molar-refractivity contribution in [1.82, 2.24) is 0 Å². The van der Waals surface area contributed by atoms with Crippen LogP contribution in [0.2, 0.25) is 0 Å². The zero-order valence-electron chi connectivity index (χ0n) is 9.19. The Hall–Kier alpha value is -1.61. The molecule has 2 aromatic carbocycles. The Kier molecular flexibility index (Phi) is 3.94. The third-order valence-corrected chi connectivity index (χ3v) is 3.10. The van der Waals surface area contributed by atoms with Crippen LogP contribution in [0.4, 0.5) is 5.69 Å². The maximum atomic E-state index is 11.9. The van der Waals surface area contributed by atoms with E-state index in [1.54, 1.807) is 0 Å². The van der Waals surface area contributed by atoms with E-state index in [0.717, 1.165) is 15.7 Å². The second-order valence-electron chi connectivity index (χ2n) is 3.62. The summed E-state index contributed by atoms with van der Waals surface area (Å²) in [6, 6.07) is 17.0. The predicted molar refractivity (Wildman–Crippen MR) is 73.4 cm³/mol. The van der Waals surface area contributed by atoms with Crippen molar-refractivity contribution >= 4 is 27.4 Å². The number of ketones is 1. The zero-order chi connectivity index (χ0) is 12.1. The van der Waals surface area contributed by atoms with E-state index >= 15 is 0 Å². The minimum absolute atomic E-state index is 0.0846. The molecule has 0 atom stereocenters. The smallest absolute Gasteiger partial charge is 0.181 e. The summed E-state index contributed by atoms with van der Waals surface area (Å²) >= 11 is 3.43. The molecule has 0 spiro atoms. The molecule has 0 aromatic heterocycles. The van der Waals surface area contributed by atoms with Crippen molar-refractivity contribution in [3.63, 3.8) is 0 Å². The molecule has 0 amide bonds. The monoisotopic (exact) mass is 289 g/mol. The van der Waals surface area contributed by atoms with Gasteiger partial charge in [0.15, 0.2) is 5.78 Å². The van der Waals surface area contributed by atoms with E-state index < -0.39 is 0 Å². The Morgan fingerprint density at radius 1 is 1.00 bits per heavy atom. The number of Topliss-reactive ketones (excluding diaryl/α,β-unsaturated/α-hetero) is 1. The number of benzene rings is 2. The third kappa shape index (κ3) is 3.17. The molecule has 3 heteroatoms. The highest BCUT2D eigenvalue weighted by atomic mass is 79.9. The van der Waals surface area contributed by atoms with Gasteiger partial charge in [-0.3, -0.25) is 4.79 Å². The van der Waals surface area contributed by atoms with Crippen molar-refractivity contribution < 1.29 is 4.79 Å². The van der Waals surface area contributed by atoms with Crippen molar-refractivity contribution in [2.24, 2.45) is 0 Å². The zero-order valence-corrected chi connectivity index (χ0v) is 10.8. The Morgan fingerprint density at radius 2 is 1.65 bits per heavy atom. The number of nitrogens with one attached hydrogen (secondary N) is 1. The number of para-hydroxylation sites is 1. The molecule has 2 nitrogen and oxygen atoms in total. The number of carbonyl (C=O) groups excluding carboxylic acids is 1. The van der Waals surface area contributed by atoms with Gasteiger partial charge in [-0.1, -0.05) is 42.5 Å². The highest BCUT2D eigenvalue weighted by molar-refractivity contribution is 9.10. The van der Waals surface area contributed by atoms with Crippen molar-refractivity contribution in [3.8, 4) is 0 Å². The SMILES string of the molecule is O=C(CNc1ccccc1Br)c1ccccc1. The van der Waals surface area contributed by atoms with Gasteiger partial charge in [0.2, 0.25) is 0 Å². The van der Waals surface area contributed by atoms with Crippen LogP contribution in [0, 0.1) is 0 Å². The van der Waals surface area contributed by atoms with Gasteiger partial charge in [-0.15, -0.1) is 0 Å². The van der Waals surface area contributed by atoms with Crippen LogP contribution in [-0.4, -0.2) is 12.3 Å². The average Bonchev–Trinajstić information content (AvgIpc) is 2.38. The summed E-state index contributed by atoms with van der Waals surface area (Å²) in [5.74, 6) is 0.0846. The van der Waals surface area contributed by atoms with Crippen LogP contribution in [0.15, 0.2) is 59.1 Å². The summed E-state index contributed by atoms with van der Waals surface area (Å²) in [4.78, 5) is 11.9. The number of carbonyl (C=O) groups is 1. The van der Waals surface area contributed by atoms with Crippen LogP contribution >= 0.6 is 15.9 Å². The Morgan fingerprint density at radius 3 is 2.35 bits per heavy atom. The van der Waals surface area contributed by atoms with Crippen LogP contribution in [0.25, 0.3) is 0 Å². The molecule has 2 aromatic rings. The third-order valence-electron chi connectivity index (χ3n) is 2.41. The predicted octanol–water partition coefficient (Wildman–Crippen LogP) is 3.74. The summed E-state index contributed by atoms with van der Waals surface area (Å²) < 4.78 is 0.959. The first kappa shape index (κ1) is 11.9. The van der Waals surface area contributed by atoms with Crippen molar-refractivity contribution in [1.29, 1.82) is 0 Å². The van der Waals surface area contributed by atoms with Gasteiger partial charge < -0.3 is 5.32 Å². The number of anilines is 1. The summed E-state index contributed by atoms with van der Waals surface area (Å²) in [6.45, 7) is 0.298. The quantitative estimate of drug-likeness (QED) is 0.869. The van der Waals surface area contributed by atoms with Crippen LogP contribution in [0.5, 0.6) is 0 Å². The Balaban J connectivity index is 2.00. The van der Waals surface area contributed by atoms with E-state index in [9.17, 15) is 4.79 Å². The van der Waals surface area contributed by atoms with Crippen LogP contribution in [0.1, 0.15) is 10.4 Å². The van der Waals surface area contributed by atoms with Crippen LogP contribution < -0.4 is 5.32 Å². The molecular weight excluding hydrogens is 278 g/mol. The Labute approximate surface area is 109 Å². The van der Waals surface area contributed by atoms with E-state index in [1.165, 1.54) is 0 Å². The first-order valence-corrected chi connectivity index (χ1v) is 6.13. The molecular formula is C14H12BrNO. The highest BCUT2D eigenvalue weighted by Gasteiger charge is 2.05. The second kappa shape index (κ2) is 5.64. The molecule has 0 saturated heterocycles. The van der Waals surface area contributed by atoms with Gasteiger partial charge in [0, 0.05) is 15.7 Å². The van der Waals surface area contributed by atoms with E-state index in [2.05, 4.69) is 21.2 Å². The van der Waals surface area contributed by atoms with Crippen LogP contribution in [0.3, 0.4) is 0 Å². The van der Waals surface area contributed by atoms with E-state index in [-0.39, 0.29) is 5.78 Å². The molecule has 0 unspecified atom stereocenters. The topological polar surface area (TPSA) is 29.1 Å². The molecule has 0 bridgehead atoms. The first-order valence-electron chi connectivity index (χ1n) is 5.34. The normalized spacial score (nSPS) is 9.94. The van der Waals surface area contributed by atoms with E-state index in [1.807, 2.05) is 54.6 Å². The summed E-state index contributed by atoms with van der Waals surface area (Å²) in [7, 11) is 0. The fraction of sp³-hybridized carbons (Fsp3) is 0.0714. The van der Waals surface area contributed by atoms with Gasteiger partial charge in [-0.05, 0) is 28.1 Å². The van der Waals surface area contributed by atoms with Crippen molar-refractivity contribution in [2.75, 3.05) is 11.9 Å². The van der Waals surface area contributed by atoms with Gasteiger partial charge in [0.1, 0.15) is 0 Å². The van der Waals surface area contributed by atoms with Gasteiger partial charge in [0.05, 0.1) is 6.54 Å². The Bertz CT molecular complexity index is 511. The van der Waals surface area contributed by atoms with Crippen molar-refractivity contribution in [3.05, 3.63) is 64.6 Å². The molecule has 0 aliphatic rings. The molecule has 0 heterocycles. The molecule has 86 valence electrons. The largest absolute Gasteiger partial charge is 0.377 e. The average molecular weight is 290 g/mol. The molecule has 0 fully saturated rings. The van der Waals surface area contributed by atoms with Gasteiger partial charge in [-0.2, -0.15) is 0 Å². The fourth-order valence-corrected chi connectivity index (χ4v) is 1.93. The van der Waals surface area contributed by atoms with Gasteiger partial charge in [-0.25, -0.2) is 0 Å². The lowest BCUT2D eigenvalue weighted by atomic mass is 10.1. The van der Waals surface area contributed by atoms with Crippen molar-refractivity contribution in [2.45, 2.75) is 0 Å². The summed E-state index contributed by atoms with van der Waals surface area (Å²) in [5.41, 5.74) is 1.66. The molecule has 0 aliphatic heterocycles. The van der Waals surface area contributed by atoms with Gasteiger partial charge >= 0.3 is 0 Å². The summed E-state index contributed by atoms with van der Waals surface area (Å²) in [6.07, 6.45) is 0. The molecule has 0 aliphatic carbocycles. The van der Waals surface area contributed by atoms with Gasteiger partial charge in [0.25, 0.3) is 0 Å².